The van der Waals surface area contributed by atoms with Gasteiger partial charge in [-0.15, -0.1) is 0 Å². The van der Waals surface area contributed by atoms with E-state index in [-0.39, 0.29) is 6.04 Å². The topological polar surface area (TPSA) is 29.3 Å². The van der Waals surface area contributed by atoms with Gasteiger partial charge in [-0.2, -0.15) is 11.8 Å². The fraction of sp³-hybridized carbons (Fsp3) is 0.625. The lowest BCUT2D eigenvalue weighted by Crippen LogP contribution is -2.31. The summed E-state index contributed by atoms with van der Waals surface area (Å²) >= 11 is 2.06. The zero-order valence-corrected chi connectivity index (χ0v) is 13.0. The van der Waals surface area contributed by atoms with E-state index in [0.29, 0.717) is 5.25 Å². The second-order valence-electron chi connectivity index (χ2n) is 5.20. The second-order valence-corrected chi connectivity index (χ2v) is 6.55. The molecule has 0 fully saturated rings. The maximum atomic E-state index is 6.44. The molecule has 2 unspecified atom stereocenters. The van der Waals surface area contributed by atoms with Gasteiger partial charge in [0.25, 0.3) is 0 Å². The van der Waals surface area contributed by atoms with Crippen LogP contribution < -0.4 is 5.73 Å². The number of thioether (sulfide) groups is 1. The first-order chi connectivity index (χ1) is 9.26. The molecule has 0 heterocycles. The largest absolute Gasteiger partial charge is 0.323 e. The summed E-state index contributed by atoms with van der Waals surface area (Å²) in [7, 11) is 0. The van der Waals surface area contributed by atoms with Crippen LogP contribution in [-0.2, 0) is 6.42 Å². The van der Waals surface area contributed by atoms with Crippen LogP contribution in [0.5, 0.6) is 0 Å². The monoisotopic (exact) mass is 278 g/mol. The Morgan fingerprint density at radius 3 is 2.74 bits per heavy atom. The second kappa shape index (κ2) is 7.32. The summed E-state index contributed by atoms with van der Waals surface area (Å²) in [6.07, 6.45) is 2.41. The third-order valence-electron chi connectivity index (χ3n) is 4.15. The van der Waals surface area contributed by atoms with Gasteiger partial charge >= 0.3 is 0 Å². The summed E-state index contributed by atoms with van der Waals surface area (Å²) in [5, 5.41) is 0.588. The highest BCUT2D eigenvalue weighted by Crippen LogP contribution is 2.35. The number of nitrogens with zero attached hydrogens (tertiary/aromatic N) is 1. The number of aryl methyl sites for hydroxylation is 1. The van der Waals surface area contributed by atoms with Gasteiger partial charge in [0.05, 0.1) is 0 Å². The minimum absolute atomic E-state index is 0.214. The SMILES string of the molecule is CCN(CC)CCSC1CCc2ccccc2C1N. The fourth-order valence-corrected chi connectivity index (χ4v) is 4.13. The van der Waals surface area contributed by atoms with Crippen LogP contribution in [0.25, 0.3) is 0 Å². The maximum absolute atomic E-state index is 6.44. The summed E-state index contributed by atoms with van der Waals surface area (Å²) in [4.78, 5) is 2.48. The first-order valence-electron chi connectivity index (χ1n) is 7.43. The summed E-state index contributed by atoms with van der Waals surface area (Å²) < 4.78 is 0. The Kier molecular flexibility index (Phi) is 5.74. The lowest BCUT2D eigenvalue weighted by Gasteiger charge is -2.31. The summed E-state index contributed by atoms with van der Waals surface area (Å²) in [6, 6.07) is 8.89. The Bertz CT molecular complexity index is 390. The van der Waals surface area contributed by atoms with E-state index in [2.05, 4.69) is 54.8 Å². The van der Waals surface area contributed by atoms with Gasteiger partial charge < -0.3 is 10.6 Å². The van der Waals surface area contributed by atoms with Gasteiger partial charge in [0.15, 0.2) is 0 Å². The predicted octanol–water partition coefficient (Wildman–Crippen LogP) is 3.08. The highest BCUT2D eigenvalue weighted by atomic mass is 32.2. The van der Waals surface area contributed by atoms with Crippen molar-refractivity contribution in [3.05, 3.63) is 35.4 Å². The van der Waals surface area contributed by atoms with Crippen molar-refractivity contribution in [2.75, 3.05) is 25.4 Å². The van der Waals surface area contributed by atoms with Crippen LogP contribution in [0.3, 0.4) is 0 Å². The summed E-state index contributed by atoms with van der Waals surface area (Å²) in [5.74, 6) is 1.20. The molecule has 2 atom stereocenters. The van der Waals surface area contributed by atoms with Crippen molar-refractivity contribution in [1.29, 1.82) is 0 Å². The van der Waals surface area contributed by atoms with Gasteiger partial charge in [0.2, 0.25) is 0 Å². The van der Waals surface area contributed by atoms with Crippen LogP contribution in [0.2, 0.25) is 0 Å². The summed E-state index contributed by atoms with van der Waals surface area (Å²) in [6.45, 7) is 7.95. The molecule has 0 amide bonds. The molecule has 0 spiro atoms. The first kappa shape index (κ1) is 14.9. The van der Waals surface area contributed by atoms with Crippen molar-refractivity contribution in [3.63, 3.8) is 0 Å². The van der Waals surface area contributed by atoms with Crippen molar-refractivity contribution >= 4 is 11.8 Å². The van der Waals surface area contributed by atoms with Crippen molar-refractivity contribution in [2.24, 2.45) is 5.73 Å². The van der Waals surface area contributed by atoms with E-state index in [0.717, 1.165) is 13.1 Å². The standard InChI is InChI=1S/C16H26N2S/c1-3-18(4-2)11-12-19-15-10-9-13-7-5-6-8-14(13)16(15)17/h5-8,15-16H,3-4,9-12,17H2,1-2H3. The van der Waals surface area contributed by atoms with Gasteiger partial charge in [-0.1, -0.05) is 38.1 Å². The Morgan fingerprint density at radius 2 is 2.00 bits per heavy atom. The molecule has 1 aliphatic rings. The molecule has 3 heteroatoms. The highest BCUT2D eigenvalue weighted by Gasteiger charge is 2.26. The van der Waals surface area contributed by atoms with Gasteiger partial charge in [-0.3, -0.25) is 0 Å². The number of fused-ring (bicyclic) bond motifs is 1. The Hall–Kier alpha value is -0.510. The van der Waals surface area contributed by atoms with E-state index in [1.807, 2.05) is 0 Å². The predicted molar refractivity (Wildman–Crippen MR) is 85.7 cm³/mol. The van der Waals surface area contributed by atoms with Crippen LogP contribution in [-0.4, -0.2) is 35.5 Å². The van der Waals surface area contributed by atoms with E-state index in [4.69, 9.17) is 5.73 Å². The van der Waals surface area contributed by atoms with E-state index >= 15 is 0 Å². The summed E-state index contributed by atoms with van der Waals surface area (Å²) in [5.41, 5.74) is 9.26. The zero-order valence-electron chi connectivity index (χ0n) is 12.1. The molecule has 0 bridgehead atoms. The van der Waals surface area contributed by atoms with E-state index < -0.39 is 0 Å². The molecular weight excluding hydrogens is 252 g/mol. The van der Waals surface area contributed by atoms with Crippen LogP contribution in [0.4, 0.5) is 0 Å². The highest BCUT2D eigenvalue weighted by molar-refractivity contribution is 7.99. The molecule has 1 aromatic carbocycles. The Balaban J connectivity index is 1.86. The van der Waals surface area contributed by atoms with Gasteiger partial charge in [-0.25, -0.2) is 0 Å². The molecule has 2 nitrogen and oxygen atoms in total. The Labute approximate surface area is 121 Å². The molecule has 0 aromatic heterocycles. The smallest absolute Gasteiger partial charge is 0.0418 e. The molecule has 0 saturated carbocycles. The average molecular weight is 278 g/mol. The van der Waals surface area contributed by atoms with Gasteiger partial charge in [0, 0.05) is 23.6 Å². The van der Waals surface area contributed by atoms with Crippen LogP contribution in [0.1, 0.15) is 37.4 Å². The quantitative estimate of drug-likeness (QED) is 0.867. The average Bonchev–Trinajstić information content (AvgIpc) is 2.46. The van der Waals surface area contributed by atoms with Crippen LogP contribution in [0, 0.1) is 0 Å². The molecule has 1 aliphatic carbocycles. The van der Waals surface area contributed by atoms with Crippen molar-refractivity contribution < 1.29 is 0 Å². The molecule has 19 heavy (non-hydrogen) atoms. The van der Waals surface area contributed by atoms with Crippen molar-refractivity contribution in [2.45, 2.75) is 38.0 Å². The Morgan fingerprint density at radius 1 is 1.26 bits per heavy atom. The molecule has 2 N–H and O–H groups in total. The van der Waals surface area contributed by atoms with Crippen molar-refractivity contribution in [1.82, 2.24) is 4.90 Å². The van der Waals surface area contributed by atoms with E-state index in [9.17, 15) is 0 Å². The molecular formula is C16H26N2S. The van der Waals surface area contributed by atoms with Gasteiger partial charge in [-0.05, 0) is 37.1 Å². The molecule has 0 saturated heterocycles. The minimum Gasteiger partial charge on any atom is -0.323 e. The number of hydrogen-bond acceptors (Lipinski definition) is 3. The molecule has 1 aromatic rings. The third kappa shape index (κ3) is 3.74. The van der Waals surface area contributed by atoms with Crippen LogP contribution >= 0.6 is 11.8 Å². The van der Waals surface area contributed by atoms with E-state index in [1.54, 1.807) is 0 Å². The van der Waals surface area contributed by atoms with E-state index in [1.165, 1.54) is 36.3 Å². The number of benzene rings is 1. The minimum atomic E-state index is 0.214. The third-order valence-corrected chi connectivity index (χ3v) is 5.52. The number of hydrogen-bond donors (Lipinski definition) is 1. The lowest BCUT2D eigenvalue weighted by molar-refractivity contribution is 0.323. The number of nitrogens with two attached hydrogens (primary N) is 1. The normalized spacial score (nSPS) is 22.5. The van der Waals surface area contributed by atoms with Gasteiger partial charge in [0.1, 0.15) is 0 Å². The maximum Gasteiger partial charge on any atom is 0.0418 e. The molecule has 0 radical (unpaired) electrons. The zero-order chi connectivity index (χ0) is 13.7. The molecule has 0 aliphatic heterocycles. The first-order valence-corrected chi connectivity index (χ1v) is 8.48. The van der Waals surface area contributed by atoms with Crippen LogP contribution in [0.15, 0.2) is 24.3 Å². The lowest BCUT2D eigenvalue weighted by atomic mass is 9.88. The number of rotatable bonds is 6. The fourth-order valence-electron chi connectivity index (χ4n) is 2.82. The molecule has 2 rings (SSSR count). The van der Waals surface area contributed by atoms with Crippen molar-refractivity contribution in [3.8, 4) is 0 Å². The molecule has 106 valence electrons.